The van der Waals surface area contributed by atoms with Gasteiger partial charge in [-0.15, -0.1) is 0 Å². The van der Waals surface area contributed by atoms with Crippen molar-refractivity contribution in [2.75, 3.05) is 19.6 Å². The summed E-state index contributed by atoms with van der Waals surface area (Å²) in [7, 11) is -3.69. The van der Waals surface area contributed by atoms with Crippen LogP contribution in [0.2, 0.25) is 0 Å². The minimum Gasteiger partial charge on any atom is -0.392 e. The summed E-state index contributed by atoms with van der Waals surface area (Å²) in [5, 5.41) is 9.01. The number of sulfonamides is 1. The highest BCUT2D eigenvalue weighted by molar-refractivity contribution is 7.89. The van der Waals surface area contributed by atoms with Crippen molar-refractivity contribution in [3.8, 4) is 0 Å². The molecule has 2 N–H and O–H groups in total. The normalized spacial score (nSPS) is 18.0. The molecule has 0 radical (unpaired) electrons. The first kappa shape index (κ1) is 16.4. The predicted molar refractivity (Wildman–Crippen MR) is 77.8 cm³/mol. The van der Waals surface area contributed by atoms with Crippen molar-refractivity contribution in [3.63, 3.8) is 0 Å². The molecular formula is C14H21FN2O3S. The lowest BCUT2D eigenvalue weighted by Gasteiger charge is -2.23. The highest BCUT2D eigenvalue weighted by atomic mass is 32.2. The van der Waals surface area contributed by atoms with Gasteiger partial charge in [0.25, 0.3) is 0 Å². The highest BCUT2D eigenvalue weighted by Gasteiger charge is 2.21. The van der Waals surface area contributed by atoms with Crippen molar-refractivity contribution < 1.29 is 17.9 Å². The number of nitrogens with one attached hydrogen (secondary N) is 1. The third kappa shape index (κ3) is 4.00. The van der Waals surface area contributed by atoms with Gasteiger partial charge < -0.3 is 5.11 Å². The largest absolute Gasteiger partial charge is 0.392 e. The lowest BCUT2D eigenvalue weighted by Crippen LogP contribution is -2.40. The van der Waals surface area contributed by atoms with Crippen LogP contribution in [0.5, 0.6) is 0 Å². The zero-order valence-corrected chi connectivity index (χ0v) is 12.9. The van der Waals surface area contributed by atoms with Gasteiger partial charge in [-0.1, -0.05) is 0 Å². The second kappa shape index (κ2) is 6.83. The van der Waals surface area contributed by atoms with Crippen molar-refractivity contribution in [1.82, 2.24) is 9.62 Å². The van der Waals surface area contributed by atoms with Crippen LogP contribution in [0.15, 0.2) is 23.1 Å². The van der Waals surface area contributed by atoms with Gasteiger partial charge in [-0.25, -0.2) is 17.5 Å². The smallest absolute Gasteiger partial charge is 0.240 e. The van der Waals surface area contributed by atoms with Gasteiger partial charge in [0, 0.05) is 18.2 Å². The van der Waals surface area contributed by atoms with Crippen LogP contribution in [0, 0.1) is 5.82 Å². The molecule has 1 atom stereocenters. The molecule has 1 fully saturated rings. The van der Waals surface area contributed by atoms with Gasteiger partial charge in [0.05, 0.1) is 11.5 Å². The molecule has 1 aliphatic rings. The number of likely N-dealkylation sites (tertiary alicyclic amines) is 1. The van der Waals surface area contributed by atoms with Gasteiger partial charge in [0.15, 0.2) is 0 Å². The second-order valence-corrected chi connectivity index (χ2v) is 7.12. The van der Waals surface area contributed by atoms with Crippen molar-refractivity contribution in [2.45, 2.75) is 37.3 Å². The maximum Gasteiger partial charge on any atom is 0.240 e. The first-order chi connectivity index (χ1) is 9.94. The van der Waals surface area contributed by atoms with E-state index >= 15 is 0 Å². The minimum atomic E-state index is -3.69. The number of aliphatic hydroxyl groups is 1. The summed E-state index contributed by atoms with van der Waals surface area (Å²) in [5.41, 5.74) is -0.0227. The molecule has 0 amide bonds. The first-order valence-corrected chi connectivity index (χ1v) is 8.55. The number of nitrogens with zero attached hydrogens (tertiary/aromatic N) is 1. The van der Waals surface area contributed by atoms with Crippen molar-refractivity contribution in [1.29, 1.82) is 0 Å². The average molecular weight is 316 g/mol. The molecule has 0 bridgehead atoms. The van der Waals surface area contributed by atoms with Crippen LogP contribution < -0.4 is 4.72 Å². The molecule has 21 heavy (non-hydrogen) atoms. The molecule has 0 saturated carbocycles. The van der Waals surface area contributed by atoms with Gasteiger partial charge in [0.1, 0.15) is 5.82 Å². The number of halogens is 1. The Morgan fingerprint density at radius 3 is 2.67 bits per heavy atom. The fourth-order valence-electron chi connectivity index (χ4n) is 2.46. The summed E-state index contributed by atoms with van der Waals surface area (Å²) in [5.74, 6) is -0.609. The maximum absolute atomic E-state index is 13.3. The van der Waals surface area contributed by atoms with Crippen LogP contribution in [0.1, 0.15) is 25.3 Å². The lowest BCUT2D eigenvalue weighted by atomic mass is 10.2. The predicted octanol–water partition coefficient (Wildman–Crippen LogP) is 1.08. The van der Waals surface area contributed by atoms with E-state index in [1.807, 2.05) is 6.92 Å². The highest BCUT2D eigenvalue weighted by Crippen LogP contribution is 2.16. The number of benzene rings is 1. The van der Waals surface area contributed by atoms with Crippen molar-refractivity contribution >= 4 is 10.0 Å². The van der Waals surface area contributed by atoms with E-state index in [1.165, 1.54) is 6.07 Å². The zero-order chi connectivity index (χ0) is 15.5. The molecule has 7 heteroatoms. The molecule has 0 spiro atoms. The molecule has 1 saturated heterocycles. The fraction of sp³-hybridized carbons (Fsp3) is 0.571. The standard InChI is InChI=1S/C14H21FN2O3S/c1-11(17-6-2-3-7-17)9-16-21(19,20)13-4-5-14(15)12(8-13)10-18/h4-5,8,11,16,18H,2-3,6-7,9-10H2,1H3. The van der Waals surface area contributed by atoms with E-state index in [0.717, 1.165) is 38.1 Å². The molecule has 1 aliphatic heterocycles. The van der Waals surface area contributed by atoms with Crippen molar-refractivity contribution in [2.24, 2.45) is 0 Å². The Hall–Kier alpha value is -1.02. The summed E-state index contributed by atoms with van der Waals surface area (Å²) in [6.45, 7) is 3.76. The second-order valence-electron chi connectivity index (χ2n) is 5.36. The van der Waals surface area contributed by atoms with E-state index in [2.05, 4.69) is 9.62 Å². The van der Waals surface area contributed by atoms with Crippen LogP contribution in [-0.2, 0) is 16.6 Å². The fourth-order valence-corrected chi connectivity index (χ4v) is 3.64. The Balaban J connectivity index is 2.04. The average Bonchev–Trinajstić information content (AvgIpc) is 2.99. The first-order valence-electron chi connectivity index (χ1n) is 7.07. The Bertz CT molecular complexity index is 586. The summed E-state index contributed by atoms with van der Waals surface area (Å²) < 4.78 is 40.2. The quantitative estimate of drug-likeness (QED) is 0.824. The summed E-state index contributed by atoms with van der Waals surface area (Å²) in [4.78, 5) is 2.22. The molecule has 1 unspecified atom stereocenters. The van der Waals surface area contributed by atoms with Gasteiger partial charge in [0.2, 0.25) is 10.0 Å². The van der Waals surface area contributed by atoms with Crippen LogP contribution in [0.4, 0.5) is 4.39 Å². The zero-order valence-electron chi connectivity index (χ0n) is 12.0. The number of aliphatic hydroxyl groups excluding tert-OH is 1. The van der Waals surface area contributed by atoms with E-state index in [0.29, 0.717) is 6.54 Å². The van der Waals surface area contributed by atoms with E-state index in [1.54, 1.807) is 0 Å². The summed E-state index contributed by atoms with van der Waals surface area (Å²) in [6, 6.07) is 3.56. The SMILES string of the molecule is CC(CNS(=O)(=O)c1ccc(F)c(CO)c1)N1CCCC1. The molecular weight excluding hydrogens is 295 g/mol. The Kier molecular flexibility index (Phi) is 5.32. The molecule has 1 aromatic carbocycles. The molecule has 1 aromatic rings. The lowest BCUT2D eigenvalue weighted by molar-refractivity contribution is 0.260. The van der Waals surface area contributed by atoms with E-state index < -0.39 is 22.4 Å². The van der Waals surface area contributed by atoms with Gasteiger partial charge >= 0.3 is 0 Å². The van der Waals surface area contributed by atoms with Crippen molar-refractivity contribution in [3.05, 3.63) is 29.6 Å². The number of hydrogen-bond acceptors (Lipinski definition) is 4. The van der Waals surface area contributed by atoms with Gasteiger partial charge in [-0.05, 0) is 51.1 Å². The van der Waals surface area contributed by atoms with Crippen LogP contribution in [-0.4, -0.2) is 44.1 Å². The van der Waals surface area contributed by atoms with Gasteiger partial charge in [-0.3, -0.25) is 4.90 Å². The van der Waals surface area contributed by atoms with Crippen LogP contribution in [0.25, 0.3) is 0 Å². The van der Waals surface area contributed by atoms with E-state index in [9.17, 15) is 12.8 Å². The Labute approximate surface area is 124 Å². The molecule has 0 aromatic heterocycles. The molecule has 2 rings (SSSR count). The van der Waals surface area contributed by atoms with Crippen LogP contribution >= 0.6 is 0 Å². The number of hydrogen-bond donors (Lipinski definition) is 2. The van der Waals surface area contributed by atoms with E-state index in [4.69, 9.17) is 5.11 Å². The molecule has 1 heterocycles. The Morgan fingerprint density at radius 1 is 1.38 bits per heavy atom. The molecule has 0 aliphatic carbocycles. The Morgan fingerprint density at radius 2 is 2.05 bits per heavy atom. The summed E-state index contributed by atoms with van der Waals surface area (Å²) >= 11 is 0. The van der Waals surface area contributed by atoms with Crippen LogP contribution in [0.3, 0.4) is 0 Å². The monoisotopic (exact) mass is 316 g/mol. The van der Waals surface area contributed by atoms with Gasteiger partial charge in [-0.2, -0.15) is 0 Å². The minimum absolute atomic E-state index is 0.0227. The topological polar surface area (TPSA) is 69.6 Å². The third-order valence-corrected chi connectivity index (χ3v) is 5.25. The third-order valence-electron chi connectivity index (χ3n) is 3.83. The molecule has 5 nitrogen and oxygen atoms in total. The van der Waals surface area contributed by atoms with E-state index in [-0.39, 0.29) is 16.5 Å². The summed E-state index contributed by atoms with van der Waals surface area (Å²) in [6.07, 6.45) is 2.30. The maximum atomic E-state index is 13.3. The number of rotatable bonds is 6. The molecule has 118 valence electrons.